The van der Waals surface area contributed by atoms with Crippen LogP contribution in [0.3, 0.4) is 0 Å². The van der Waals surface area contributed by atoms with Crippen LogP contribution in [-0.4, -0.2) is 67.0 Å². The molecule has 174 valence electrons. The first-order valence-electron chi connectivity index (χ1n) is 11.2. The Balaban J connectivity index is 1.64. The van der Waals surface area contributed by atoms with Crippen molar-refractivity contribution in [2.45, 2.75) is 58.1 Å². The van der Waals surface area contributed by atoms with E-state index in [1.54, 1.807) is 29.2 Å². The van der Waals surface area contributed by atoms with Crippen molar-refractivity contribution in [2.75, 3.05) is 31.1 Å². The Morgan fingerprint density at radius 1 is 1.09 bits per heavy atom. The molecule has 3 rings (SSSR count). The number of hydrogen-bond donors (Lipinski definition) is 1. The number of nitrogens with one attached hydrogen (secondary N) is 1. The predicted octanol–water partition coefficient (Wildman–Crippen LogP) is 1.64. The first kappa shape index (κ1) is 23.7. The van der Waals surface area contributed by atoms with Gasteiger partial charge in [0.2, 0.25) is 0 Å². The molecule has 2 aliphatic rings. The van der Waals surface area contributed by atoms with Gasteiger partial charge in [0.1, 0.15) is 5.75 Å². The normalized spacial score (nSPS) is 18.4. The van der Waals surface area contributed by atoms with Gasteiger partial charge in [0, 0.05) is 31.7 Å². The minimum atomic E-state index is -0.888. The van der Waals surface area contributed by atoms with Gasteiger partial charge in [-0.2, -0.15) is 0 Å². The molecule has 2 heterocycles. The maximum absolute atomic E-state index is 12.7. The first-order chi connectivity index (χ1) is 15.4. The van der Waals surface area contributed by atoms with Gasteiger partial charge in [0.05, 0.1) is 0 Å². The Morgan fingerprint density at radius 2 is 1.78 bits per heavy atom. The third-order valence-corrected chi connectivity index (χ3v) is 5.76. The molecule has 0 aromatic heterocycles. The topological polar surface area (TPSA) is 105 Å². The second-order valence-electron chi connectivity index (χ2n) is 8.09. The van der Waals surface area contributed by atoms with Crippen LogP contribution in [0.1, 0.15) is 46.0 Å². The molecule has 2 amide bonds. The summed E-state index contributed by atoms with van der Waals surface area (Å²) in [5, 5.41) is 3.27. The number of rotatable bonds is 8. The molecule has 0 radical (unpaired) electrons. The van der Waals surface area contributed by atoms with E-state index in [1.807, 2.05) is 6.92 Å². The number of esters is 2. The van der Waals surface area contributed by atoms with Crippen LogP contribution >= 0.6 is 0 Å². The molecule has 0 spiro atoms. The highest BCUT2D eigenvalue weighted by molar-refractivity contribution is 6.41. The smallest absolute Gasteiger partial charge is 0.354 e. The number of piperidine rings is 1. The van der Waals surface area contributed by atoms with E-state index in [4.69, 9.17) is 4.74 Å². The van der Waals surface area contributed by atoms with Crippen molar-refractivity contribution >= 4 is 29.4 Å². The van der Waals surface area contributed by atoms with Crippen molar-refractivity contribution in [1.82, 2.24) is 10.2 Å². The number of benzene rings is 1. The number of unbranched alkanes of at least 4 members (excludes halogenated alkanes) is 1. The van der Waals surface area contributed by atoms with Crippen molar-refractivity contribution in [2.24, 2.45) is 0 Å². The van der Waals surface area contributed by atoms with Crippen LogP contribution in [0.2, 0.25) is 0 Å². The number of nitrogens with zero attached hydrogens (tertiary/aromatic N) is 2. The predicted molar refractivity (Wildman–Crippen MR) is 117 cm³/mol. The van der Waals surface area contributed by atoms with Gasteiger partial charge < -0.3 is 24.6 Å². The van der Waals surface area contributed by atoms with Gasteiger partial charge in [0.25, 0.3) is 0 Å². The molecule has 0 aliphatic carbocycles. The molecule has 1 unspecified atom stereocenters. The minimum Gasteiger partial charge on any atom is -0.479 e. The molecule has 1 N–H and O–H groups in total. The average molecular weight is 446 g/mol. The van der Waals surface area contributed by atoms with Gasteiger partial charge in [0.15, 0.2) is 6.10 Å². The summed E-state index contributed by atoms with van der Waals surface area (Å²) in [6.45, 7) is 5.81. The standard InChI is InChI=1S/C23H31N3O6/c1-3-4-5-20(23(30)31-16(2)27)32-19-8-6-17(7-9-19)25-14-15-26(22(29)21(25)28)18-10-12-24-13-11-18/h6-9,18,20,24H,3-5,10-15H2,1-2H3. The third kappa shape index (κ3) is 5.85. The summed E-state index contributed by atoms with van der Waals surface area (Å²) in [5.74, 6) is -1.97. The zero-order valence-corrected chi connectivity index (χ0v) is 18.7. The molecule has 2 saturated heterocycles. The molecule has 0 bridgehead atoms. The van der Waals surface area contributed by atoms with Crippen LogP contribution in [0.15, 0.2) is 24.3 Å². The Bertz CT molecular complexity index is 835. The fourth-order valence-electron chi connectivity index (χ4n) is 4.05. The summed E-state index contributed by atoms with van der Waals surface area (Å²) in [5.41, 5.74) is 0.595. The van der Waals surface area contributed by atoms with E-state index in [-0.39, 0.29) is 6.04 Å². The highest BCUT2D eigenvalue weighted by atomic mass is 16.6. The molecule has 2 fully saturated rings. The molecule has 1 atom stereocenters. The second-order valence-corrected chi connectivity index (χ2v) is 8.09. The summed E-state index contributed by atoms with van der Waals surface area (Å²) < 4.78 is 10.4. The number of carbonyl (C=O) groups excluding carboxylic acids is 4. The first-order valence-corrected chi connectivity index (χ1v) is 11.2. The van der Waals surface area contributed by atoms with Gasteiger partial charge in [-0.15, -0.1) is 0 Å². The fraction of sp³-hybridized carbons (Fsp3) is 0.565. The Hall–Kier alpha value is -2.94. The minimum absolute atomic E-state index is 0.112. The van der Waals surface area contributed by atoms with Crippen LogP contribution in [0.5, 0.6) is 5.75 Å². The zero-order valence-electron chi connectivity index (χ0n) is 18.7. The summed E-state index contributed by atoms with van der Waals surface area (Å²) in [4.78, 5) is 51.9. The molecule has 9 heteroatoms. The lowest BCUT2D eigenvalue weighted by Gasteiger charge is -2.40. The quantitative estimate of drug-likeness (QED) is 0.368. The second kappa shape index (κ2) is 11.1. The van der Waals surface area contributed by atoms with Gasteiger partial charge >= 0.3 is 23.8 Å². The number of amides is 2. The lowest BCUT2D eigenvalue weighted by Crippen LogP contribution is -2.59. The Morgan fingerprint density at radius 3 is 2.41 bits per heavy atom. The van der Waals surface area contributed by atoms with Gasteiger partial charge in [-0.1, -0.05) is 13.3 Å². The maximum atomic E-state index is 12.7. The lowest BCUT2D eigenvalue weighted by atomic mass is 10.0. The SMILES string of the molecule is CCCCC(Oc1ccc(N2CCN(C3CCNCC3)C(=O)C2=O)cc1)C(=O)OC(C)=O. The Kier molecular flexibility index (Phi) is 8.21. The molecular formula is C23H31N3O6. The largest absolute Gasteiger partial charge is 0.479 e. The van der Waals surface area contributed by atoms with E-state index in [0.717, 1.165) is 38.8 Å². The summed E-state index contributed by atoms with van der Waals surface area (Å²) in [6.07, 6.45) is 2.86. The van der Waals surface area contributed by atoms with Crippen LogP contribution in [0, 0.1) is 0 Å². The van der Waals surface area contributed by atoms with Crippen LogP contribution in [0.25, 0.3) is 0 Å². The van der Waals surface area contributed by atoms with E-state index in [2.05, 4.69) is 10.1 Å². The van der Waals surface area contributed by atoms with Gasteiger partial charge in [-0.3, -0.25) is 14.4 Å². The van der Waals surface area contributed by atoms with Crippen LogP contribution < -0.4 is 15.0 Å². The molecule has 9 nitrogen and oxygen atoms in total. The number of hydrogen-bond acceptors (Lipinski definition) is 7. The molecule has 2 aliphatic heterocycles. The van der Waals surface area contributed by atoms with Crippen LogP contribution in [-0.2, 0) is 23.9 Å². The maximum Gasteiger partial charge on any atom is 0.354 e. The molecule has 1 aromatic rings. The number of anilines is 1. The monoisotopic (exact) mass is 445 g/mol. The van der Waals surface area contributed by atoms with E-state index in [1.165, 1.54) is 11.8 Å². The summed E-state index contributed by atoms with van der Waals surface area (Å²) in [6, 6.07) is 6.78. The molecular weight excluding hydrogens is 414 g/mol. The summed E-state index contributed by atoms with van der Waals surface area (Å²) >= 11 is 0. The van der Waals surface area contributed by atoms with Crippen molar-refractivity contribution in [3.63, 3.8) is 0 Å². The van der Waals surface area contributed by atoms with E-state index in [9.17, 15) is 19.2 Å². The zero-order chi connectivity index (χ0) is 23.1. The third-order valence-electron chi connectivity index (χ3n) is 5.76. The lowest BCUT2D eigenvalue weighted by molar-refractivity contribution is -0.163. The number of ether oxygens (including phenoxy) is 2. The van der Waals surface area contributed by atoms with E-state index >= 15 is 0 Å². The number of piperazine rings is 1. The van der Waals surface area contributed by atoms with Gasteiger partial charge in [-0.25, -0.2) is 4.79 Å². The highest BCUT2D eigenvalue weighted by Gasteiger charge is 2.37. The van der Waals surface area contributed by atoms with Crippen LogP contribution in [0.4, 0.5) is 5.69 Å². The van der Waals surface area contributed by atoms with Gasteiger partial charge in [-0.05, 0) is 63.0 Å². The van der Waals surface area contributed by atoms with E-state index in [0.29, 0.717) is 30.9 Å². The van der Waals surface area contributed by atoms with Crippen molar-refractivity contribution in [1.29, 1.82) is 0 Å². The molecule has 0 saturated carbocycles. The van der Waals surface area contributed by atoms with E-state index < -0.39 is 29.9 Å². The number of carbonyl (C=O) groups is 4. The van der Waals surface area contributed by atoms with Crippen molar-refractivity contribution in [3.8, 4) is 5.75 Å². The fourth-order valence-corrected chi connectivity index (χ4v) is 4.05. The van der Waals surface area contributed by atoms with Crippen molar-refractivity contribution < 1.29 is 28.7 Å². The summed E-state index contributed by atoms with van der Waals surface area (Å²) in [7, 11) is 0. The Labute approximate surface area is 188 Å². The van der Waals surface area contributed by atoms with Crippen molar-refractivity contribution in [3.05, 3.63) is 24.3 Å². The molecule has 32 heavy (non-hydrogen) atoms. The highest BCUT2D eigenvalue weighted by Crippen LogP contribution is 2.25. The molecule has 1 aromatic carbocycles. The average Bonchev–Trinajstić information content (AvgIpc) is 2.79.